The molecule has 0 aliphatic rings. The van der Waals surface area contributed by atoms with E-state index in [0.717, 1.165) is 105 Å². The van der Waals surface area contributed by atoms with Gasteiger partial charge in [0.2, 0.25) is 5.71 Å². The van der Waals surface area contributed by atoms with Crippen LogP contribution in [-0.4, -0.2) is 19.5 Å². The molecule has 0 aliphatic heterocycles. The largest absolute Gasteiger partial charge is 0.437 e. The van der Waals surface area contributed by atoms with Crippen molar-refractivity contribution in [3.63, 3.8) is 0 Å². The molecule has 0 unspecified atom stereocenters. The van der Waals surface area contributed by atoms with Crippen molar-refractivity contribution >= 4 is 65.7 Å². The number of benzene rings is 6. The molecule has 5 nitrogen and oxygen atoms in total. The predicted octanol–water partition coefficient (Wildman–Crippen LogP) is 12.2. The number of pyridine rings is 3. The van der Waals surface area contributed by atoms with Crippen molar-refractivity contribution in [3.05, 3.63) is 170 Å². The fraction of sp³-hybridized carbons (Fsp3) is 0. The van der Waals surface area contributed by atoms with E-state index in [-0.39, 0.29) is 0 Å². The van der Waals surface area contributed by atoms with Crippen LogP contribution in [-0.2, 0) is 0 Å². The Labute approximate surface area is 298 Å². The van der Waals surface area contributed by atoms with E-state index in [0.29, 0.717) is 0 Å². The molecular formula is C47H28N4O. The molecule has 11 rings (SSSR count). The van der Waals surface area contributed by atoms with Crippen LogP contribution in [0.5, 0.6) is 0 Å². The van der Waals surface area contributed by atoms with E-state index in [9.17, 15) is 0 Å². The average molecular weight is 665 g/mol. The van der Waals surface area contributed by atoms with Crippen molar-refractivity contribution in [2.75, 3.05) is 0 Å². The van der Waals surface area contributed by atoms with Gasteiger partial charge in [-0.3, -0.25) is 4.57 Å². The molecule has 0 fully saturated rings. The van der Waals surface area contributed by atoms with E-state index in [1.807, 2.05) is 42.5 Å². The fourth-order valence-corrected chi connectivity index (χ4v) is 7.74. The average Bonchev–Trinajstić information content (AvgIpc) is 3.76. The summed E-state index contributed by atoms with van der Waals surface area (Å²) in [4.78, 5) is 15.5. The number of furan rings is 1. The molecule has 0 saturated carbocycles. The number of fused-ring (bicyclic) bond motifs is 10. The third-order valence-corrected chi connectivity index (χ3v) is 10.2. The summed E-state index contributed by atoms with van der Waals surface area (Å²) in [5.74, 6) is 0. The van der Waals surface area contributed by atoms with Gasteiger partial charge in [0.25, 0.3) is 0 Å². The molecule has 0 N–H and O–H groups in total. The van der Waals surface area contributed by atoms with Gasteiger partial charge in [-0.15, -0.1) is 0 Å². The highest BCUT2D eigenvalue weighted by molar-refractivity contribution is 6.28. The van der Waals surface area contributed by atoms with Crippen LogP contribution < -0.4 is 0 Å². The van der Waals surface area contributed by atoms with Gasteiger partial charge in [0.1, 0.15) is 5.69 Å². The number of aromatic nitrogens is 4. The minimum Gasteiger partial charge on any atom is -0.437 e. The minimum atomic E-state index is 0.788. The molecule has 11 aromatic rings. The molecule has 5 heterocycles. The van der Waals surface area contributed by atoms with E-state index in [4.69, 9.17) is 19.4 Å². The summed E-state index contributed by atoms with van der Waals surface area (Å²) in [6.45, 7) is 0. The standard InChI is InChI=1S/C47H28N4O/c1-3-12-29(13-4-1)37-26-24-31-22-23-32-25-27-38(49-44(32)43(31)48-37)33-16-11-17-34(28-33)51-40-21-10-8-19-36(40)42-41-35-18-7-9-20-39(35)50-45(46(41)52-47(42)51)30-14-5-2-6-15-30/h1-28H. The van der Waals surface area contributed by atoms with Crippen molar-refractivity contribution in [2.24, 2.45) is 0 Å². The summed E-state index contributed by atoms with van der Waals surface area (Å²) in [6.07, 6.45) is 0. The maximum atomic E-state index is 6.99. The van der Waals surface area contributed by atoms with Gasteiger partial charge in [-0.25, -0.2) is 15.0 Å². The molecule has 0 bridgehead atoms. The number of hydrogen-bond acceptors (Lipinski definition) is 4. The van der Waals surface area contributed by atoms with Gasteiger partial charge in [-0.05, 0) is 36.4 Å². The van der Waals surface area contributed by atoms with Crippen LogP contribution in [0.4, 0.5) is 0 Å². The van der Waals surface area contributed by atoms with Crippen LogP contribution in [0.2, 0.25) is 0 Å². The molecule has 6 aromatic carbocycles. The van der Waals surface area contributed by atoms with Gasteiger partial charge in [0.05, 0.1) is 38.8 Å². The SMILES string of the molecule is c1ccc(-c2ccc3ccc4ccc(-c5cccc(-n6c7ccccc7c7c8c(oc76)c(-c6ccccc6)nc6ccccc68)c5)nc4c3n2)cc1. The van der Waals surface area contributed by atoms with E-state index >= 15 is 0 Å². The molecule has 52 heavy (non-hydrogen) atoms. The summed E-state index contributed by atoms with van der Waals surface area (Å²) in [5, 5.41) is 6.49. The Kier molecular flexibility index (Phi) is 6.18. The number of hydrogen-bond donors (Lipinski definition) is 0. The van der Waals surface area contributed by atoms with Crippen LogP contribution >= 0.6 is 0 Å². The van der Waals surface area contributed by atoms with Gasteiger partial charge in [0.15, 0.2) is 5.58 Å². The third-order valence-electron chi connectivity index (χ3n) is 10.2. The Morgan fingerprint density at radius 3 is 1.79 bits per heavy atom. The molecular weight excluding hydrogens is 637 g/mol. The van der Waals surface area contributed by atoms with Crippen LogP contribution in [0.1, 0.15) is 0 Å². The normalized spacial score (nSPS) is 11.8. The fourth-order valence-electron chi connectivity index (χ4n) is 7.74. The third kappa shape index (κ3) is 4.33. The number of para-hydroxylation sites is 2. The van der Waals surface area contributed by atoms with Gasteiger partial charge in [0, 0.05) is 49.3 Å². The van der Waals surface area contributed by atoms with E-state index in [1.54, 1.807) is 0 Å². The minimum absolute atomic E-state index is 0.788. The lowest BCUT2D eigenvalue weighted by molar-refractivity contribution is 0.645. The topological polar surface area (TPSA) is 56.7 Å². The lowest BCUT2D eigenvalue weighted by Gasteiger charge is -2.11. The lowest BCUT2D eigenvalue weighted by Crippen LogP contribution is -1.95. The molecule has 0 amide bonds. The summed E-state index contributed by atoms with van der Waals surface area (Å²) in [5.41, 5.74) is 12.1. The molecule has 0 aliphatic carbocycles. The Hall–Kier alpha value is -7.11. The van der Waals surface area contributed by atoms with Gasteiger partial charge in [-0.1, -0.05) is 133 Å². The summed E-state index contributed by atoms with van der Waals surface area (Å²) in [6, 6.07) is 58.8. The summed E-state index contributed by atoms with van der Waals surface area (Å²) >= 11 is 0. The van der Waals surface area contributed by atoms with E-state index in [1.165, 1.54) is 0 Å². The summed E-state index contributed by atoms with van der Waals surface area (Å²) < 4.78 is 9.23. The monoisotopic (exact) mass is 664 g/mol. The quantitative estimate of drug-likeness (QED) is 0.176. The first-order valence-corrected chi connectivity index (χ1v) is 17.5. The Morgan fingerprint density at radius 1 is 0.442 bits per heavy atom. The van der Waals surface area contributed by atoms with E-state index in [2.05, 4.69) is 132 Å². The molecule has 5 heteroatoms. The first kappa shape index (κ1) is 28.7. The molecule has 0 atom stereocenters. The van der Waals surface area contributed by atoms with Gasteiger partial charge >= 0.3 is 0 Å². The van der Waals surface area contributed by atoms with Gasteiger partial charge in [-0.2, -0.15) is 0 Å². The zero-order valence-electron chi connectivity index (χ0n) is 27.9. The zero-order chi connectivity index (χ0) is 34.2. The summed E-state index contributed by atoms with van der Waals surface area (Å²) in [7, 11) is 0. The Morgan fingerprint density at radius 2 is 1.04 bits per heavy atom. The van der Waals surface area contributed by atoms with Gasteiger partial charge < -0.3 is 4.42 Å². The number of rotatable bonds is 4. The Balaban J connectivity index is 1.14. The molecule has 5 aromatic heterocycles. The lowest BCUT2D eigenvalue weighted by atomic mass is 10.0. The second-order valence-electron chi connectivity index (χ2n) is 13.2. The second kappa shape index (κ2) is 11.2. The molecule has 0 spiro atoms. The van der Waals surface area contributed by atoms with Crippen molar-refractivity contribution in [2.45, 2.75) is 0 Å². The molecule has 0 radical (unpaired) electrons. The maximum Gasteiger partial charge on any atom is 0.213 e. The van der Waals surface area contributed by atoms with Crippen molar-refractivity contribution in [1.82, 2.24) is 19.5 Å². The first-order chi connectivity index (χ1) is 25.8. The highest BCUT2D eigenvalue weighted by atomic mass is 16.3. The number of nitrogens with zero attached hydrogens (tertiary/aromatic N) is 4. The first-order valence-electron chi connectivity index (χ1n) is 17.5. The van der Waals surface area contributed by atoms with Crippen LogP contribution in [0.15, 0.2) is 174 Å². The maximum absolute atomic E-state index is 6.99. The van der Waals surface area contributed by atoms with E-state index < -0.39 is 0 Å². The predicted molar refractivity (Wildman–Crippen MR) is 213 cm³/mol. The Bertz CT molecular complexity index is 3180. The van der Waals surface area contributed by atoms with Crippen molar-refractivity contribution in [1.29, 1.82) is 0 Å². The van der Waals surface area contributed by atoms with Crippen molar-refractivity contribution in [3.8, 4) is 39.5 Å². The smallest absolute Gasteiger partial charge is 0.213 e. The van der Waals surface area contributed by atoms with Crippen LogP contribution in [0.25, 0.3) is 105 Å². The zero-order valence-corrected chi connectivity index (χ0v) is 27.9. The van der Waals surface area contributed by atoms with Crippen molar-refractivity contribution < 1.29 is 4.42 Å². The molecule has 0 saturated heterocycles. The second-order valence-corrected chi connectivity index (χ2v) is 13.2. The molecule has 242 valence electrons. The highest BCUT2D eigenvalue weighted by Gasteiger charge is 2.24. The van der Waals surface area contributed by atoms with Crippen LogP contribution in [0, 0.1) is 0 Å². The highest BCUT2D eigenvalue weighted by Crippen LogP contribution is 2.44. The van der Waals surface area contributed by atoms with Crippen LogP contribution in [0.3, 0.4) is 0 Å².